The van der Waals surface area contributed by atoms with Gasteiger partial charge in [-0.2, -0.15) is 0 Å². The zero-order valence-corrected chi connectivity index (χ0v) is 16.4. The van der Waals surface area contributed by atoms with Crippen molar-refractivity contribution in [3.05, 3.63) is 47.9 Å². The minimum absolute atomic E-state index is 0.361. The molecule has 1 aromatic carbocycles. The normalized spacial score (nSPS) is 14.0. The lowest BCUT2D eigenvalue weighted by Crippen LogP contribution is -2.16. The first kappa shape index (κ1) is 18.4. The fraction of sp³-hybridized carbons (Fsp3) is 0.381. The van der Waals surface area contributed by atoms with Crippen LogP contribution in [0, 0.1) is 0 Å². The maximum absolute atomic E-state index is 11.8. The molecule has 2 aromatic heterocycles. The molecule has 1 aliphatic carbocycles. The Hall–Kier alpha value is -2.93. The highest BCUT2D eigenvalue weighted by Gasteiger charge is 2.28. The fourth-order valence-corrected chi connectivity index (χ4v) is 3.54. The Morgan fingerprint density at radius 2 is 2.14 bits per heavy atom. The summed E-state index contributed by atoms with van der Waals surface area (Å²) >= 11 is 0. The Balaban J connectivity index is 1.64. The van der Waals surface area contributed by atoms with Gasteiger partial charge >= 0.3 is 0 Å². The number of nitrogens with one attached hydrogen (secondary N) is 1. The smallest absolute Gasteiger partial charge is 0.248 e. The molecule has 0 aliphatic heterocycles. The van der Waals surface area contributed by atoms with Crippen molar-refractivity contribution in [1.82, 2.24) is 19.3 Å². The molecule has 0 radical (unpaired) electrons. The molecular formula is C21H26N6O. The Bertz CT molecular complexity index is 1010. The summed E-state index contributed by atoms with van der Waals surface area (Å²) in [4.78, 5) is 23.0. The van der Waals surface area contributed by atoms with Gasteiger partial charge in [0.25, 0.3) is 0 Å². The maximum atomic E-state index is 11.8. The van der Waals surface area contributed by atoms with E-state index in [0.29, 0.717) is 11.5 Å². The van der Waals surface area contributed by atoms with E-state index in [0.717, 1.165) is 60.6 Å². The predicted octanol–water partition coefficient (Wildman–Crippen LogP) is 2.74. The van der Waals surface area contributed by atoms with Crippen molar-refractivity contribution in [3.8, 4) is 11.3 Å². The molecule has 7 heteroatoms. The van der Waals surface area contributed by atoms with Crippen LogP contribution in [0.25, 0.3) is 16.9 Å². The third-order valence-corrected chi connectivity index (χ3v) is 5.13. The number of aromatic nitrogens is 3. The largest absolute Gasteiger partial charge is 0.367 e. The van der Waals surface area contributed by atoms with Crippen LogP contribution >= 0.6 is 0 Å². The van der Waals surface area contributed by atoms with Crippen LogP contribution in [0.3, 0.4) is 0 Å². The van der Waals surface area contributed by atoms with E-state index in [1.54, 1.807) is 6.20 Å². The molecule has 28 heavy (non-hydrogen) atoms. The van der Waals surface area contributed by atoms with Gasteiger partial charge in [-0.05, 0) is 63.5 Å². The molecule has 1 aliphatic rings. The van der Waals surface area contributed by atoms with Gasteiger partial charge in [-0.1, -0.05) is 6.07 Å². The average molecular weight is 378 g/mol. The van der Waals surface area contributed by atoms with Crippen molar-refractivity contribution in [2.45, 2.75) is 25.2 Å². The number of primary amides is 1. The Labute approximate surface area is 164 Å². The van der Waals surface area contributed by atoms with Gasteiger partial charge in [-0.3, -0.25) is 9.20 Å². The summed E-state index contributed by atoms with van der Waals surface area (Å²) in [6.45, 7) is 1.86. The molecule has 146 valence electrons. The molecule has 3 N–H and O–H groups in total. The van der Waals surface area contributed by atoms with Crippen LogP contribution in [-0.2, 0) is 0 Å². The van der Waals surface area contributed by atoms with Gasteiger partial charge in [0.05, 0.1) is 11.9 Å². The second kappa shape index (κ2) is 7.59. The lowest BCUT2D eigenvalue weighted by molar-refractivity contribution is 0.0999. The average Bonchev–Trinajstić information content (AvgIpc) is 3.43. The third-order valence-electron chi connectivity index (χ3n) is 5.13. The minimum Gasteiger partial charge on any atom is -0.367 e. The molecule has 3 aromatic rings. The number of amides is 1. The summed E-state index contributed by atoms with van der Waals surface area (Å²) < 4.78 is 2.04. The molecule has 2 heterocycles. The van der Waals surface area contributed by atoms with Gasteiger partial charge in [0.1, 0.15) is 0 Å². The lowest BCUT2D eigenvalue weighted by Gasteiger charge is -2.11. The van der Waals surface area contributed by atoms with E-state index in [1.165, 1.54) is 0 Å². The molecule has 0 atom stereocenters. The van der Waals surface area contributed by atoms with Gasteiger partial charge in [0.2, 0.25) is 5.91 Å². The fourth-order valence-electron chi connectivity index (χ4n) is 3.54. The summed E-state index contributed by atoms with van der Waals surface area (Å²) in [6, 6.07) is 5.87. The minimum atomic E-state index is -0.361. The van der Waals surface area contributed by atoms with Crippen molar-refractivity contribution in [1.29, 1.82) is 0 Å². The summed E-state index contributed by atoms with van der Waals surface area (Å²) in [6.07, 6.45) is 8.82. The van der Waals surface area contributed by atoms with Crippen LogP contribution in [0.15, 0.2) is 36.8 Å². The van der Waals surface area contributed by atoms with Crippen LogP contribution in [0.1, 0.15) is 41.1 Å². The number of benzene rings is 1. The van der Waals surface area contributed by atoms with Crippen molar-refractivity contribution in [2.75, 3.05) is 32.5 Å². The summed E-state index contributed by atoms with van der Waals surface area (Å²) in [7, 11) is 4.14. The number of hydrogen-bond donors (Lipinski definition) is 2. The summed E-state index contributed by atoms with van der Waals surface area (Å²) in [5.41, 5.74) is 10.1. The van der Waals surface area contributed by atoms with Crippen LogP contribution in [0.4, 0.5) is 5.82 Å². The molecule has 0 unspecified atom stereocenters. The SMILES string of the molecule is CN(C)CCCNc1nccn2c(-c3ccc(C(N)=O)c(C4CC4)c3)cnc12. The van der Waals surface area contributed by atoms with Gasteiger partial charge in [0.15, 0.2) is 11.5 Å². The number of nitrogens with two attached hydrogens (primary N) is 1. The van der Waals surface area contributed by atoms with Crippen molar-refractivity contribution in [3.63, 3.8) is 0 Å². The monoisotopic (exact) mass is 378 g/mol. The van der Waals surface area contributed by atoms with Gasteiger partial charge in [-0.25, -0.2) is 9.97 Å². The van der Waals surface area contributed by atoms with Crippen molar-refractivity contribution >= 4 is 17.4 Å². The predicted molar refractivity (Wildman–Crippen MR) is 111 cm³/mol. The summed E-state index contributed by atoms with van der Waals surface area (Å²) in [5, 5.41) is 3.39. The zero-order valence-electron chi connectivity index (χ0n) is 16.4. The van der Waals surface area contributed by atoms with E-state index in [2.05, 4.69) is 40.3 Å². The highest BCUT2D eigenvalue weighted by Crippen LogP contribution is 2.43. The molecule has 0 saturated heterocycles. The number of nitrogens with zero attached hydrogens (tertiary/aromatic N) is 4. The van der Waals surface area contributed by atoms with Crippen LogP contribution in [-0.4, -0.2) is 52.4 Å². The molecule has 0 spiro atoms. The quantitative estimate of drug-likeness (QED) is 0.589. The van der Waals surface area contributed by atoms with Crippen molar-refractivity contribution in [2.24, 2.45) is 5.73 Å². The molecule has 4 rings (SSSR count). The highest BCUT2D eigenvalue weighted by molar-refractivity contribution is 5.95. The topological polar surface area (TPSA) is 88.5 Å². The van der Waals surface area contributed by atoms with Gasteiger partial charge in [-0.15, -0.1) is 0 Å². The first-order chi connectivity index (χ1) is 13.5. The van der Waals surface area contributed by atoms with Crippen LogP contribution in [0.2, 0.25) is 0 Å². The second-order valence-electron chi connectivity index (χ2n) is 7.64. The van der Waals surface area contributed by atoms with Gasteiger partial charge in [0, 0.05) is 30.1 Å². The van der Waals surface area contributed by atoms with Crippen LogP contribution < -0.4 is 11.1 Å². The molecule has 7 nitrogen and oxygen atoms in total. The highest BCUT2D eigenvalue weighted by atomic mass is 16.1. The van der Waals surface area contributed by atoms with E-state index >= 15 is 0 Å². The number of fused-ring (bicyclic) bond motifs is 1. The Kier molecular flexibility index (Phi) is 5.00. The summed E-state index contributed by atoms with van der Waals surface area (Å²) in [5.74, 6) is 0.862. The number of rotatable bonds is 8. The standard InChI is InChI=1S/C21H26N6O/c1-26(2)10-3-8-23-20-21-25-13-18(27(21)11-9-24-20)15-6-7-16(19(22)28)17(12-15)14-4-5-14/h6-7,9,11-14H,3-5,8,10H2,1-2H3,(H2,22,28)(H,23,24). The first-order valence-corrected chi connectivity index (χ1v) is 9.69. The molecule has 1 saturated carbocycles. The Morgan fingerprint density at radius 1 is 1.32 bits per heavy atom. The van der Waals surface area contributed by atoms with Crippen LogP contribution in [0.5, 0.6) is 0 Å². The lowest BCUT2D eigenvalue weighted by atomic mass is 9.98. The van der Waals surface area contributed by atoms with E-state index in [4.69, 9.17) is 5.73 Å². The van der Waals surface area contributed by atoms with Gasteiger partial charge < -0.3 is 16.0 Å². The third kappa shape index (κ3) is 3.71. The molecular weight excluding hydrogens is 352 g/mol. The molecule has 1 fully saturated rings. The van der Waals surface area contributed by atoms with Crippen molar-refractivity contribution < 1.29 is 4.79 Å². The Morgan fingerprint density at radius 3 is 2.86 bits per heavy atom. The van der Waals surface area contributed by atoms with E-state index < -0.39 is 0 Å². The molecule has 1 amide bonds. The zero-order chi connectivity index (χ0) is 19.7. The number of hydrogen-bond acceptors (Lipinski definition) is 5. The number of carbonyl (C=O) groups excluding carboxylic acids is 1. The molecule has 0 bridgehead atoms. The number of carbonyl (C=O) groups is 1. The first-order valence-electron chi connectivity index (χ1n) is 9.69. The number of imidazole rings is 1. The maximum Gasteiger partial charge on any atom is 0.248 e. The van der Waals surface area contributed by atoms with E-state index in [9.17, 15) is 4.79 Å². The van der Waals surface area contributed by atoms with E-state index in [1.807, 2.05) is 28.9 Å². The number of anilines is 1. The second-order valence-corrected chi connectivity index (χ2v) is 7.64. The van der Waals surface area contributed by atoms with E-state index in [-0.39, 0.29) is 5.91 Å².